The zero-order chi connectivity index (χ0) is 43.6. The van der Waals surface area contributed by atoms with E-state index in [9.17, 15) is 19.0 Å². The van der Waals surface area contributed by atoms with Gasteiger partial charge in [0.1, 0.15) is 19.8 Å². The van der Waals surface area contributed by atoms with Crippen molar-refractivity contribution in [2.45, 2.75) is 232 Å². The Hall–Kier alpha value is -1.51. The second-order valence-corrected chi connectivity index (χ2v) is 19.2. The van der Waals surface area contributed by atoms with Crippen molar-refractivity contribution in [3.63, 3.8) is 0 Å². The molecule has 0 saturated carbocycles. The smallest absolute Gasteiger partial charge is 0.306 e. The molecule has 2 atom stereocenters. The van der Waals surface area contributed by atoms with E-state index >= 15 is 0 Å². The van der Waals surface area contributed by atoms with Crippen LogP contribution >= 0.6 is 7.82 Å². The lowest BCUT2D eigenvalue weighted by Gasteiger charge is -2.28. The van der Waals surface area contributed by atoms with Crippen molar-refractivity contribution >= 4 is 19.8 Å². The van der Waals surface area contributed by atoms with Crippen molar-refractivity contribution in [3.8, 4) is 0 Å². The van der Waals surface area contributed by atoms with Crippen molar-refractivity contribution in [1.29, 1.82) is 0 Å². The van der Waals surface area contributed by atoms with Gasteiger partial charge in [-0.3, -0.25) is 14.2 Å². The molecule has 0 heterocycles. The van der Waals surface area contributed by atoms with Crippen LogP contribution in [0.25, 0.3) is 0 Å². The standard InChI is InChI=1S/C49H94NO8P/c1-6-8-10-12-14-16-18-20-22-24-25-26-28-30-32-34-36-38-40-42-49(52)58-47(46-57-59(53,54)56-44-43-50(3,4)5)45-55-48(51)41-39-37-35-33-31-29-27-23-21-19-17-15-13-11-9-7-2/h14,16,20,22,47H,6-13,15,17-19,21,23-46H2,1-5H3/b16-14-,22-20-. The zero-order valence-electron chi connectivity index (χ0n) is 39.2. The third-order valence-corrected chi connectivity index (χ3v) is 11.7. The van der Waals surface area contributed by atoms with Gasteiger partial charge in [-0.15, -0.1) is 0 Å². The summed E-state index contributed by atoms with van der Waals surface area (Å²) < 4.78 is 34.0. The summed E-state index contributed by atoms with van der Waals surface area (Å²) in [5.74, 6) is -0.828. The molecule has 0 aromatic carbocycles. The van der Waals surface area contributed by atoms with E-state index in [-0.39, 0.29) is 32.0 Å². The van der Waals surface area contributed by atoms with E-state index in [0.29, 0.717) is 17.4 Å². The molecule has 0 fully saturated rings. The second kappa shape index (κ2) is 41.8. The molecule has 0 aliphatic rings. The molecule has 0 spiro atoms. The number of phosphoric ester groups is 1. The Labute approximate surface area is 364 Å². The predicted octanol–water partition coefficient (Wildman–Crippen LogP) is 13.7. The highest BCUT2D eigenvalue weighted by Gasteiger charge is 2.21. The molecule has 0 bridgehead atoms. The van der Waals surface area contributed by atoms with E-state index in [1.807, 2.05) is 21.1 Å². The van der Waals surface area contributed by atoms with Crippen LogP contribution in [-0.4, -0.2) is 70.0 Å². The Kier molecular flexibility index (Phi) is 40.8. The first-order chi connectivity index (χ1) is 28.5. The summed E-state index contributed by atoms with van der Waals surface area (Å²) in [7, 11) is 1.17. The van der Waals surface area contributed by atoms with Crippen molar-refractivity contribution < 1.29 is 42.1 Å². The molecule has 0 aromatic rings. The summed E-state index contributed by atoms with van der Waals surface area (Å²) >= 11 is 0. The molecule has 0 rings (SSSR count). The molecule has 59 heavy (non-hydrogen) atoms. The fraction of sp³-hybridized carbons (Fsp3) is 0.878. The summed E-state index contributed by atoms with van der Waals surface area (Å²) in [6.45, 7) is 4.23. The van der Waals surface area contributed by atoms with Crippen molar-refractivity contribution in [2.24, 2.45) is 0 Å². The molecule has 0 aliphatic carbocycles. The minimum atomic E-state index is -4.63. The molecule has 2 unspecified atom stereocenters. The van der Waals surface area contributed by atoms with Crippen molar-refractivity contribution in [1.82, 2.24) is 0 Å². The zero-order valence-corrected chi connectivity index (χ0v) is 40.1. The SMILES string of the molecule is CCCCC/C=C\C/C=C\CCCCCCCCCCCC(=O)OC(COC(=O)CCCCCCCCCCCCCCCCCC)COP(=O)([O-])OCC[N+](C)(C)C. The number of quaternary nitrogens is 1. The molecule has 9 nitrogen and oxygen atoms in total. The maximum absolute atomic E-state index is 12.7. The number of phosphoric acid groups is 1. The number of esters is 2. The van der Waals surface area contributed by atoms with Gasteiger partial charge in [0.25, 0.3) is 7.82 Å². The van der Waals surface area contributed by atoms with Crippen LogP contribution in [0.1, 0.15) is 226 Å². The first-order valence-electron chi connectivity index (χ1n) is 24.5. The van der Waals surface area contributed by atoms with Gasteiger partial charge in [-0.2, -0.15) is 0 Å². The Morgan fingerprint density at radius 2 is 0.915 bits per heavy atom. The van der Waals surface area contributed by atoms with Crippen LogP contribution < -0.4 is 4.89 Å². The highest BCUT2D eigenvalue weighted by Crippen LogP contribution is 2.38. The number of allylic oxidation sites excluding steroid dienone is 4. The van der Waals surface area contributed by atoms with E-state index in [1.165, 1.54) is 141 Å². The minimum Gasteiger partial charge on any atom is -0.756 e. The predicted molar refractivity (Wildman–Crippen MR) is 245 cm³/mol. The van der Waals surface area contributed by atoms with Gasteiger partial charge >= 0.3 is 11.9 Å². The van der Waals surface area contributed by atoms with Gasteiger partial charge in [0.2, 0.25) is 0 Å². The monoisotopic (exact) mass is 856 g/mol. The quantitative estimate of drug-likeness (QED) is 0.0196. The Morgan fingerprint density at radius 3 is 1.37 bits per heavy atom. The number of nitrogens with zero attached hydrogens (tertiary/aromatic N) is 1. The van der Waals surface area contributed by atoms with Gasteiger partial charge in [0.05, 0.1) is 27.7 Å². The molecule has 0 radical (unpaired) electrons. The lowest BCUT2D eigenvalue weighted by Crippen LogP contribution is -2.37. The molecule has 0 amide bonds. The summed E-state index contributed by atoms with van der Waals surface area (Å²) in [5.41, 5.74) is 0. The molecule has 0 aromatic heterocycles. The van der Waals surface area contributed by atoms with E-state index in [4.69, 9.17) is 18.5 Å². The fourth-order valence-corrected chi connectivity index (χ4v) is 7.59. The molecular formula is C49H94NO8P. The second-order valence-electron chi connectivity index (χ2n) is 17.8. The van der Waals surface area contributed by atoms with Crippen molar-refractivity contribution in [3.05, 3.63) is 24.3 Å². The topological polar surface area (TPSA) is 111 Å². The number of unbranched alkanes of at least 4 members (excludes halogenated alkanes) is 27. The molecule has 0 N–H and O–H groups in total. The van der Waals surface area contributed by atoms with Crippen LogP contribution in [0.15, 0.2) is 24.3 Å². The number of carbonyl (C=O) groups excluding carboxylic acids is 2. The van der Waals surface area contributed by atoms with Crippen LogP contribution in [0.3, 0.4) is 0 Å². The molecule has 0 aliphatic heterocycles. The minimum absolute atomic E-state index is 0.0296. The molecule has 0 saturated heterocycles. The van der Waals surface area contributed by atoms with Gasteiger partial charge < -0.3 is 27.9 Å². The number of carbonyl (C=O) groups is 2. The lowest BCUT2D eigenvalue weighted by atomic mass is 10.0. The van der Waals surface area contributed by atoms with Gasteiger partial charge in [0, 0.05) is 12.8 Å². The number of hydrogen-bond acceptors (Lipinski definition) is 8. The van der Waals surface area contributed by atoms with Gasteiger partial charge in [0.15, 0.2) is 6.10 Å². The van der Waals surface area contributed by atoms with Crippen LogP contribution in [-0.2, 0) is 32.7 Å². The van der Waals surface area contributed by atoms with E-state index < -0.39 is 26.5 Å². The Morgan fingerprint density at radius 1 is 0.525 bits per heavy atom. The van der Waals surface area contributed by atoms with E-state index in [2.05, 4.69) is 38.2 Å². The maximum Gasteiger partial charge on any atom is 0.306 e. The average molecular weight is 856 g/mol. The first-order valence-corrected chi connectivity index (χ1v) is 26.0. The fourth-order valence-electron chi connectivity index (χ4n) is 6.86. The highest BCUT2D eigenvalue weighted by molar-refractivity contribution is 7.45. The number of ether oxygens (including phenoxy) is 2. The summed E-state index contributed by atoms with van der Waals surface area (Å²) in [6.07, 6.45) is 46.2. The third kappa shape index (κ3) is 45.8. The number of likely N-dealkylation sites (N-methyl/N-ethyl adjacent to an activating group) is 1. The Balaban J connectivity index is 4.27. The van der Waals surface area contributed by atoms with Crippen LogP contribution in [0.5, 0.6) is 0 Å². The summed E-state index contributed by atoms with van der Waals surface area (Å²) in [4.78, 5) is 37.7. The van der Waals surface area contributed by atoms with Crippen molar-refractivity contribution in [2.75, 3.05) is 47.5 Å². The van der Waals surface area contributed by atoms with Gasteiger partial charge in [-0.25, -0.2) is 0 Å². The Bertz CT molecular complexity index is 1060. The first kappa shape index (κ1) is 57.5. The molecule has 348 valence electrons. The third-order valence-electron chi connectivity index (χ3n) is 10.7. The summed E-state index contributed by atoms with van der Waals surface area (Å²) in [6, 6.07) is 0. The lowest BCUT2D eigenvalue weighted by molar-refractivity contribution is -0.870. The van der Waals surface area contributed by atoms with Gasteiger partial charge in [-0.1, -0.05) is 192 Å². The largest absolute Gasteiger partial charge is 0.756 e. The van der Waals surface area contributed by atoms with Crippen LogP contribution in [0.2, 0.25) is 0 Å². The average Bonchev–Trinajstić information content (AvgIpc) is 3.19. The van der Waals surface area contributed by atoms with Crippen LogP contribution in [0.4, 0.5) is 0 Å². The van der Waals surface area contributed by atoms with E-state index in [1.54, 1.807) is 0 Å². The maximum atomic E-state index is 12.7. The van der Waals surface area contributed by atoms with Gasteiger partial charge in [-0.05, 0) is 44.9 Å². The number of hydrogen-bond donors (Lipinski definition) is 0. The van der Waals surface area contributed by atoms with Crippen LogP contribution in [0, 0.1) is 0 Å². The molecular weight excluding hydrogens is 762 g/mol. The number of rotatable bonds is 45. The van der Waals surface area contributed by atoms with E-state index in [0.717, 1.165) is 51.4 Å². The highest BCUT2D eigenvalue weighted by atomic mass is 31.2. The molecule has 10 heteroatoms. The normalized spacial score (nSPS) is 13.7. The summed E-state index contributed by atoms with van der Waals surface area (Å²) in [5, 5.41) is 0.